The molecule has 0 saturated carbocycles. The Morgan fingerprint density at radius 3 is 3.17 bits per heavy atom. The smallest absolute Gasteiger partial charge is 0.0375 e. The molecule has 2 aliphatic rings. The topological polar surface area (TPSA) is 15.3 Å². The molecule has 0 aliphatic carbocycles. The first kappa shape index (κ1) is 11.8. The molecular formula is C16H22N2. The minimum atomic E-state index is 1.11. The lowest BCUT2D eigenvalue weighted by atomic mass is 9.97. The van der Waals surface area contributed by atoms with E-state index in [-0.39, 0.29) is 0 Å². The molecule has 1 aromatic rings. The minimum absolute atomic E-state index is 1.11. The van der Waals surface area contributed by atoms with Gasteiger partial charge in [-0.25, -0.2) is 0 Å². The fourth-order valence-corrected chi connectivity index (χ4v) is 3.10. The van der Waals surface area contributed by atoms with E-state index in [1.165, 1.54) is 42.6 Å². The summed E-state index contributed by atoms with van der Waals surface area (Å²) >= 11 is 0. The van der Waals surface area contributed by atoms with Gasteiger partial charge < -0.3 is 5.32 Å². The summed E-state index contributed by atoms with van der Waals surface area (Å²) in [6, 6.07) is 6.72. The van der Waals surface area contributed by atoms with Crippen LogP contribution in [0.3, 0.4) is 0 Å². The largest absolute Gasteiger partial charge is 0.385 e. The lowest BCUT2D eigenvalue weighted by Gasteiger charge is -2.28. The molecule has 18 heavy (non-hydrogen) atoms. The molecule has 2 heteroatoms. The molecule has 0 saturated heterocycles. The first-order valence-electron chi connectivity index (χ1n) is 7.05. The van der Waals surface area contributed by atoms with Crippen LogP contribution in [-0.4, -0.2) is 24.5 Å². The van der Waals surface area contributed by atoms with Crippen LogP contribution in [-0.2, 0) is 13.0 Å². The van der Waals surface area contributed by atoms with Crippen LogP contribution in [0.25, 0.3) is 0 Å². The van der Waals surface area contributed by atoms with Gasteiger partial charge in [-0.15, -0.1) is 0 Å². The summed E-state index contributed by atoms with van der Waals surface area (Å²) in [7, 11) is 0. The van der Waals surface area contributed by atoms with Gasteiger partial charge in [0.05, 0.1) is 0 Å². The van der Waals surface area contributed by atoms with Crippen molar-refractivity contribution in [2.45, 2.75) is 32.7 Å². The molecule has 0 spiro atoms. The van der Waals surface area contributed by atoms with Crippen molar-refractivity contribution in [2.24, 2.45) is 0 Å². The molecule has 0 amide bonds. The second-order valence-electron chi connectivity index (χ2n) is 5.52. The Morgan fingerprint density at radius 2 is 2.28 bits per heavy atom. The number of benzene rings is 1. The van der Waals surface area contributed by atoms with E-state index in [4.69, 9.17) is 0 Å². The third kappa shape index (κ3) is 2.44. The number of nitrogens with zero attached hydrogens (tertiary/aromatic N) is 1. The van der Waals surface area contributed by atoms with Crippen LogP contribution in [0.15, 0.2) is 29.8 Å². The Bertz CT molecular complexity index is 462. The lowest BCUT2D eigenvalue weighted by Crippen LogP contribution is -2.29. The average molecular weight is 242 g/mol. The summed E-state index contributed by atoms with van der Waals surface area (Å²) in [5, 5.41) is 3.52. The Morgan fingerprint density at radius 1 is 1.33 bits per heavy atom. The zero-order valence-electron chi connectivity index (χ0n) is 11.2. The van der Waals surface area contributed by atoms with Gasteiger partial charge in [0.1, 0.15) is 0 Å². The second kappa shape index (κ2) is 5.15. The summed E-state index contributed by atoms with van der Waals surface area (Å²) in [6.07, 6.45) is 6.09. The maximum absolute atomic E-state index is 3.52. The van der Waals surface area contributed by atoms with E-state index in [1.807, 2.05) is 0 Å². The highest BCUT2D eigenvalue weighted by molar-refractivity contribution is 5.56. The fraction of sp³-hybridized carbons (Fsp3) is 0.500. The van der Waals surface area contributed by atoms with Crippen LogP contribution in [0, 0.1) is 0 Å². The van der Waals surface area contributed by atoms with Crippen molar-refractivity contribution in [2.75, 3.05) is 25.0 Å². The summed E-state index contributed by atoms with van der Waals surface area (Å²) < 4.78 is 0. The molecule has 0 atom stereocenters. The van der Waals surface area contributed by atoms with Crippen molar-refractivity contribution in [3.8, 4) is 0 Å². The Hall–Kier alpha value is -1.28. The molecule has 0 radical (unpaired) electrons. The third-order valence-electron chi connectivity index (χ3n) is 4.00. The van der Waals surface area contributed by atoms with Crippen molar-refractivity contribution in [3.05, 3.63) is 41.0 Å². The van der Waals surface area contributed by atoms with Crippen molar-refractivity contribution >= 4 is 5.69 Å². The first-order valence-corrected chi connectivity index (χ1v) is 7.05. The summed E-state index contributed by atoms with van der Waals surface area (Å²) in [5.74, 6) is 0. The monoisotopic (exact) mass is 242 g/mol. The van der Waals surface area contributed by atoms with E-state index in [9.17, 15) is 0 Å². The van der Waals surface area contributed by atoms with E-state index >= 15 is 0 Å². The standard InChI is InChI=1S/C16H22N2/c1-13-5-4-10-18(11-13)12-14-6-2-8-16-15(14)7-3-9-17-16/h2,5-6,8,17H,3-4,7,9-12H2,1H3. The first-order chi connectivity index (χ1) is 8.83. The van der Waals surface area contributed by atoms with Gasteiger partial charge in [-0.05, 0) is 43.4 Å². The number of hydrogen-bond donors (Lipinski definition) is 1. The maximum Gasteiger partial charge on any atom is 0.0375 e. The van der Waals surface area contributed by atoms with Crippen molar-refractivity contribution in [1.29, 1.82) is 0 Å². The van der Waals surface area contributed by atoms with Crippen LogP contribution < -0.4 is 5.32 Å². The number of rotatable bonds is 2. The molecule has 0 bridgehead atoms. The zero-order chi connectivity index (χ0) is 12.4. The summed E-state index contributed by atoms with van der Waals surface area (Å²) in [4.78, 5) is 2.57. The molecule has 96 valence electrons. The Balaban J connectivity index is 1.78. The highest BCUT2D eigenvalue weighted by Gasteiger charge is 2.16. The van der Waals surface area contributed by atoms with Gasteiger partial charge in [0.2, 0.25) is 0 Å². The highest BCUT2D eigenvalue weighted by Crippen LogP contribution is 2.26. The van der Waals surface area contributed by atoms with E-state index in [1.54, 1.807) is 5.56 Å². The molecule has 0 unspecified atom stereocenters. The average Bonchev–Trinajstić information content (AvgIpc) is 2.39. The van der Waals surface area contributed by atoms with E-state index in [2.05, 4.69) is 41.4 Å². The van der Waals surface area contributed by atoms with Crippen molar-refractivity contribution in [1.82, 2.24) is 4.90 Å². The van der Waals surface area contributed by atoms with Crippen LogP contribution in [0.2, 0.25) is 0 Å². The SMILES string of the molecule is CC1=CCCN(Cc2cccc3c2CCCN3)C1. The van der Waals surface area contributed by atoms with Gasteiger partial charge in [-0.3, -0.25) is 4.90 Å². The molecule has 1 N–H and O–H groups in total. The molecule has 2 heterocycles. The maximum atomic E-state index is 3.52. The van der Waals surface area contributed by atoms with E-state index in [0.29, 0.717) is 0 Å². The molecule has 0 fully saturated rings. The molecule has 0 aromatic heterocycles. The number of anilines is 1. The molecule has 3 rings (SSSR count). The van der Waals surface area contributed by atoms with Crippen molar-refractivity contribution < 1.29 is 0 Å². The number of hydrogen-bond acceptors (Lipinski definition) is 2. The predicted octanol–water partition coefficient (Wildman–Crippen LogP) is 3.20. The minimum Gasteiger partial charge on any atom is -0.385 e. The van der Waals surface area contributed by atoms with Gasteiger partial charge in [-0.1, -0.05) is 23.8 Å². The molecule has 2 nitrogen and oxygen atoms in total. The van der Waals surface area contributed by atoms with E-state index in [0.717, 1.165) is 19.6 Å². The highest BCUT2D eigenvalue weighted by atomic mass is 15.1. The quantitative estimate of drug-likeness (QED) is 0.801. The normalized spacial score (nSPS) is 19.9. The van der Waals surface area contributed by atoms with Gasteiger partial charge in [0.15, 0.2) is 0 Å². The van der Waals surface area contributed by atoms with Gasteiger partial charge in [0, 0.05) is 31.9 Å². The van der Waals surface area contributed by atoms with Gasteiger partial charge in [-0.2, -0.15) is 0 Å². The Labute approximate surface area is 110 Å². The molecular weight excluding hydrogens is 220 g/mol. The second-order valence-corrected chi connectivity index (χ2v) is 5.52. The number of nitrogens with one attached hydrogen (secondary N) is 1. The fourth-order valence-electron chi connectivity index (χ4n) is 3.10. The zero-order valence-corrected chi connectivity index (χ0v) is 11.2. The number of fused-ring (bicyclic) bond motifs is 1. The van der Waals surface area contributed by atoms with Crippen molar-refractivity contribution in [3.63, 3.8) is 0 Å². The van der Waals surface area contributed by atoms with Crippen LogP contribution in [0.5, 0.6) is 0 Å². The summed E-state index contributed by atoms with van der Waals surface area (Å²) in [5.41, 5.74) is 5.96. The molecule has 2 aliphatic heterocycles. The van der Waals surface area contributed by atoms with Gasteiger partial charge >= 0.3 is 0 Å². The van der Waals surface area contributed by atoms with Crippen LogP contribution in [0.1, 0.15) is 30.9 Å². The predicted molar refractivity (Wildman–Crippen MR) is 76.9 cm³/mol. The van der Waals surface area contributed by atoms with Crippen LogP contribution >= 0.6 is 0 Å². The summed E-state index contributed by atoms with van der Waals surface area (Å²) in [6.45, 7) is 6.82. The van der Waals surface area contributed by atoms with Gasteiger partial charge in [0.25, 0.3) is 0 Å². The molecule has 1 aromatic carbocycles. The van der Waals surface area contributed by atoms with E-state index < -0.39 is 0 Å². The third-order valence-corrected chi connectivity index (χ3v) is 4.00. The lowest BCUT2D eigenvalue weighted by molar-refractivity contribution is 0.281. The van der Waals surface area contributed by atoms with Crippen LogP contribution in [0.4, 0.5) is 5.69 Å². The Kier molecular flexibility index (Phi) is 3.37.